The zero-order valence-electron chi connectivity index (χ0n) is 23.1. The maximum atomic E-state index is 12.0. The second-order valence-corrected chi connectivity index (χ2v) is 10.4. The summed E-state index contributed by atoms with van der Waals surface area (Å²) in [6.45, 7) is 5.97. The highest BCUT2D eigenvalue weighted by Crippen LogP contribution is 2.23. The molecule has 0 spiro atoms. The molecule has 0 atom stereocenters. The van der Waals surface area contributed by atoms with E-state index in [2.05, 4.69) is 22.5 Å². The van der Waals surface area contributed by atoms with Gasteiger partial charge in [0.25, 0.3) is 0 Å². The normalized spacial score (nSPS) is 10.6. The Labute approximate surface area is 239 Å². The molecule has 39 heavy (non-hydrogen) atoms. The molecule has 0 radical (unpaired) electrons. The van der Waals surface area contributed by atoms with Crippen molar-refractivity contribution in [1.29, 1.82) is 0 Å². The van der Waals surface area contributed by atoms with Crippen LogP contribution in [0.25, 0.3) is 0 Å². The predicted molar refractivity (Wildman–Crippen MR) is 157 cm³/mol. The molecule has 2 aromatic carbocycles. The van der Waals surface area contributed by atoms with Crippen molar-refractivity contribution in [3.8, 4) is 11.8 Å². The fraction of sp³-hybridized carbons (Fsp3) is 0.321. The summed E-state index contributed by atoms with van der Waals surface area (Å²) in [6.07, 6.45) is 1.39. The second-order valence-electron chi connectivity index (χ2n) is 9.63. The van der Waals surface area contributed by atoms with E-state index >= 15 is 0 Å². The lowest BCUT2D eigenvalue weighted by molar-refractivity contribution is 0.0635. The molecule has 0 fully saturated rings. The van der Waals surface area contributed by atoms with Crippen LogP contribution in [0.4, 0.5) is 21.0 Å². The third-order valence-electron chi connectivity index (χ3n) is 4.24. The van der Waals surface area contributed by atoms with Crippen molar-refractivity contribution in [1.82, 2.24) is 9.80 Å². The Hall–Kier alpha value is -3.71. The lowest BCUT2D eigenvalue weighted by Gasteiger charge is -2.19. The van der Waals surface area contributed by atoms with Crippen LogP contribution in [-0.2, 0) is 4.74 Å². The van der Waals surface area contributed by atoms with E-state index in [1.807, 2.05) is 33.1 Å². The van der Waals surface area contributed by atoms with Crippen molar-refractivity contribution < 1.29 is 24.2 Å². The van der Waals surface area contributed by atoms with Crippen LogP contribution < -0.4 is 10.6 Å². The Morgan fingerprint density at radius 3 is 2.08 bits per heavy atom. The summed E-state index contributed by atoms with van der Waals surface area (Å²) in [5.74, 6) is 5.68. The number of amides is 2. The summed E-state index contributed by atoms with van der Waals surface area (Å²) < 4.78 is 5.15. The van der Waals surface area contributed by atoms with Crippen LogP contribution in [-0.4, -0.2) is 73.2 Å². The van der Waals surface area contributed by atoms with Crippen LogP contribution in [0, 0.1) is 11.8 Å². The lowest BCUT2D eigenvalue weighted by atomic mass is 10.1. The Kier molecular flexibility index (Phi) is 13.4. The number of rotatable bonds is 6. The minimum Gasteiger partial charge on any atom is -0.465 e. The first kappa shape index (κ1) is 33.3. The molecule has 0 saturated carbocycles. The summed E-state index contributed by atoms with van der Waals surface area (Å²) in [5.41, 5.74) is 1.37. The molecule has 0 heterocycles. The van der Waals surface area contributed by atoms with Gasteiger partial charge in [-0.15, -0.1) is 0 Å². The maximum absolute atomic E-state index is 12.0. The first-order valence-electron chi connectivity index (χ1n) is 11.7. The molecule has 3 N–H and O–H groups in total. The number of carbonyl (C=O) groups is 3. The average Bonchev–Trinajstić information content (AvgIpc) is 2.77. The summed E-state index contributed by atoms with van der Waals surface area (Å²) in [7, 11) is 7.49. The molecule has 210 valence electrons. The minimum atomic E-state index is -1.12. The van der Waals surface area contributed by atoms with Crippen molar-refractivity contribution in [2.75, 3.05) is 45.4 Å². The van der Waals surface area contributed by atoms with Crippen molar-refractivity contribution in [2.45, 2.75) is 26.4 Å². The molecule has 0 saturated heterocycles. The second kappa shape index (κ2) is 15.6. The fourth-order valence-electron chi connectivity index (χ4n) is 2.63. The predicted octanol–water partition coefficient (Wildman–Crippen LogP) is 6.29. The van der Waals surface area contributed by atoms with Gasteiger partial charge in [-0.05, 0) is 71.3 Å². The number of carboxylic acid groups (broad SMARTS) is 1. The van der Waals surface area contributed by atoms with Crippen molar-refractivity contribution in [3.63, 3.8) is 0 Å². The number of halogens is 2. The Morgan fingerprint density at radius 2 is 1.56 bits per heavy atom. The molecular weight excluding hydrogens is 543 g/mol. The smallest absolute Gasteiger partial charge is 0.412 e. The monoisotopic (exact) mass is 576 g/mol. The highest BCUT2D eigenvalue weighted by atomic mass is 35.5. The molecular formula is C28H34Cl2N4O5. The number of anilines is 2. The summed E-state index contributed by atoms with van der Waals surface area (Å²) >= 11 is 12.1. The molecule has 9 nitrogen and oxygen atoms in total. The van der Waals surface area contributed by atoms with E-state index < -0.39 is 17.8 Å². The van der Waals surface area contributed by atoms with Crippen molar-refractivity contribution in [2.24, 2.45) is 0 Å². The quantitative estimate of drug-likeness (QED) is 0.210. The standard InChI is InChI=1S/C16H21ClN2O3.C12H13ClN2O2/c1-16(2,3)22-15(21)18-11-6-7-12(13(17)10-11)14(20)8-9-19(4)5;1-15(2)7-3-4-9-5-6-10(8-11(9)13)14-12(16)17/h6-10H,1-5H3,(H,18,21);5-6,8,14H,7H2,1-2H3,(H,16,17). The molecule has 0 aliphatic carbocycles. The molecule has 2 rings (SSSR count). The van der Waals surface area contributed by atoms with Crippen LogP contribution >= 0.6 is 23.2 Å². The molecule has 0 aromatic heterocycles. The Balaban J connectivity index is 0.000000403. The molecule has 2 amide bonds. The van der Waals surface area contributed by atoms with E-state index in [9.17, 15) is 14.4 Å². The molecule has 11 heteroatoms. The van der Waals surface area contributed by atoms with Gasteiger partial charge in [-0.25, -0.2) is 9.59 Å². The number of hydrogen-bond donors (Lipinski definition) is 3. The van der Waals surface area contributed by atoms with Crippen LogP contribution in [0.5, 0.6) is 0 Å². The van der Waals surface area contributed by atoms with E-state index in [0.717, 1.165) is 0 Å². The van der Waals surface area contributed by atoms with Crippen LogP contribution in [0.2, 0.25) is 10.0 Å². The van der Waals surface area contributed by atoms with Gasteiger partial charge in [0.1, 0.15) is 5.60 Å². The number of nitrogens with zero attached hydrogens (tertiary/aromatic N) is 2. The van der Waals surface area contributed by atoms with Gasteiger partial charge in [-0.2, -0.15) is 0 Å². The fourth-order valence-corrected chi connectivity index (χ4v) is 3.13. The van der Waals surface area contributed by atoms with Crippen LogP contribution in [0.1, 0.15) is 36.7 Å². The highest BCUT2D eigenvalue weighted by Gasteiger charge is 2.17. The number of hydrogen-bond acceptors (Lipinski definition) is 6. The topological polar surface area (TPSA) is 111 Å². The number of benzene rings is 2. The van der Waals surface area contributed by atoms with Gasteiger partial charge in [0, 0.05) is 48.9 Å². The molecule has 0 aliphatic heterocycles. The Bertz CT molecular complexity index is 1260. The van der Waals surface area contributed by atoms with Gasteiger partial charge < -0.3 is 14.7 Å². The molecule has 0 unspecified atom stereocenters. The van der Waals surface area contributed by atoms with Crippen LogP contribution in [0.15, 0.2) is 48.7 Å². The number of nitrogens with one attached hydrogen (secondary N) is 2. The summed E-state index contributed by atoms with van der Waals surface area (Å²) in [5, 5.41) is 14.0. The first-order valence-corrected chi connectivity index (χ1v) is 12.4. The molecule has 2 aromatic rings. The summed E-state index contributed by atoms with van der Waals surface area (Å²) in [4.78, 5) is 37.8. The Morgan fingerprint density at radius 1 is 0.974 bits per heavy atom. The number of carbonyl (C=O) groups excluding carboxylic acids is 2. The zero-order chi connectivity index (χ0) is 29.8. The van der Waals surface area contributed by atoms with Crippen LogP contribution in [0.3, 0.4) is 0 Å². The minimum absolute atomic E-state index is 0.206. The lowest BCUT2D eigenvalue weighted by Crippen LogP contribution is -2.27. The van der Waals surface area contributed by atoms with Gasteiger partial charge >= 0.3 is 12.2 Å². The van der Waals surface area contributed by atoms with Crippen molar-refractivity contribution in [3.05, 3.63) is 69.8 Å². The van der Waals surface area contributed by atoms with Gasteiger partial charge in [0.05, 0.1) is 16.6 Å². The van der Waals surface area contributed by atoms with E-state index in [0.29, 0.717) is 34.1 Å². The van der Waals surface area contributed by atoms with E-state index in [1.165, 1.54) is 18.2 Å². The molecule has 0 aliphatic rings. The average molecular weight is 578 g/mol. The third kappa shape index (κ3) is 14.1. The number of ether oxygens (including phenoxy) is 1. The van der Waals surface area contributed by atoms with Gasteiger partial charge in [0.2, 0.25) is 0 Å². The summed E-state index contributed by atoms with van der Waals surface area (Å²) in [6, 6.07) is 9.54. The maximum Gasteiger partial charge on any atom is 0.412 e. The van der Waals surface area contributed by atoms with Gasteiger partial charge in [-0.1, -0.05) is 35.0 Å². The highest BCUT2D eigenvalue weighted by molar-refractivity contribution is 6.35. The molecule has 0 bridgehead atoms. The first-order chi connectivity index (χ1) is 18.1. The van der Waals surface area contributed by atoms with Gasteiger partial charge in [0.15, 0.2) is 5.78 Å². The van der Waals surface area contributed by atoms with E-state index in [4.69, 9.17) is 33.0 Å². The SMILES string of the molecule is CN(C)C=CC(=O)c1ccc(NC(=O)OC(C)(C)C)cc1Cl.CN(C)CC#Cc1ccc(NC(=O)O)cc1Cl. The zero-order valence-corrected chi connectivity index (χ0v) is 24.6. The number of allylic oxidation sites excluding steroid dienone is 1. The van der Waals surface area contributed by atoms with E-state index in [-0.39, 0.29) is 10.8 Å². The van der Waals surface area contributed by atoms with Crippen molar-refractivity contribution >= 4 is 52.5 Å². The van der Waals surface area contributed by atoms with E-state index in [1.54, 1.807) is 56.1 Å². The van der Waals surface area contributed by atoms with Gasteiger partial charge in [-0.3, -0.25) is 20.3 Å². The number of ketones is 1. The largest absolute Gasteiger partial charge is 0.465 e. The third-order valence-corrected chi connectivity index (χ3v) is 4.87.